The van der Waals surface area contributed by atoms with Crippen LogP contribution in [0.2, 0.25) is 0 Å². The van der Waals surface area contributed by atoms with Gasteiger partial charge in [-0.2, -0.15) is 5.06 Å². The van der Waals surface area contributed by atoms with Crippen LogP contribution in [-0.4, -0.2) is 22.9 Å². The number of amides is 1. The van der Waals surface area contributed by atoms with Gasteiger partial charge in [-0.25, -0.2) is 0 Å². The predicted molar refractivity (Wildman–Crippen MR) is 52.2 cm³/mol. The molecule has 0 fully saturated rings. The number of rotatable bonds is 5. The predicted octanol–water partition coefficient (Wildman–Crippen LogP) is 1.37. The second-order valence-electron chi connectivity index (χ2n) is 2.68. The van der Waals surface area contributed by atoms with Crippen LogP contribution in [0.25, 0.3) is 0 Å². The van der Waals surface area contributed by atoms with Gasteiger partial charge in [-0.1, -0.05) is 0 Å². The molecular formula is C9H10N2O4. The molecule has 0 bridgehead atoms. The van der Waals surface area contributed by atoms with Gasteiger partial charge >= 0.3 is 0 Å². The number of nitro groups is 1. The molecule has 0 radical (unpaired) electrons. The lowest BCUT2D eigenvalue weighted by Gasteiger charge is -2.14. The Labute approximate surface area is 86.2 Å². The van der Waals surface area contributed by atoms with E-state index in [-0.39, 0.29) is 5.69 Å². The number of hydrogen-bond acceptors (Lipinski definition) is 4. The lowest BCUT2D eigenvalue weighted by atomic mass is 10.3. The van der Waals surface area contributed by atoms with Gasteiger partial charge in [-0.05, 0) is 19.1 Å². The van der Waals surface area contributed by atoms with Crippen LogP contribution in [0, 0.1) is 10.1 Å². The van der Waals surface area contributed by atoms with E-state index < -0.39 is 4.92 Å². The first-order valence-corrected chi connectivity index (χ1v) is 4.31. The van der Waals surface area contributed by atoms with E-state index in [2.05, 4.69) is 0 Å². The first kappa shape index (κ1) is 11.0. The van der Waals surface area contributed by atoms with Crippen LogP contribution in [0.4, 0.5) is 5.69 Å². The van der Waals surface area contributed by atoms with Crippen LogP contribution < -0.4 is 4.84 Å². The van der Waals surface area contributed by atoms with E-state index in [4.69, 9.17) is 4.84 Å². The molecular weight excluding hydrogens is 200 g/mol. The Balaban J connectivity index is 2.71. The summed E-state index contributed by atoms with van der Waals surface area (Å²) in [6, 6.07) is 5.50. The lowest BCUT2D eigenvalue weighted by Crippen LogP contribution is -2.25. The summed E-state index contributed by atoms with van der Waals surface area (Å²) in [7, 11) is 0. The quantitative estimate of drug-likeness (QED) is 0.418. The highest BCUT2D eigenvalue weighted by Gasteiger charge is 2.06. The minimum Gasteiger partial charge on any atom is -0.377 e. The largest absolute Gasteiger partial charge is 0.377 e. The Kier molecular flexibility index (Phi) is 3.61. The molecule has 80 valence electrons. The summed E-state index contributed by atoms with van der Waals surface area (Å²) in [5, 5.41) is 11.4. The Hall–Kier alpha value is -2.11. The van der Waals surface area contributed by atoms with Crippen LogP contribution in [0.15, 0.2) is 24.3 Å². The van der Waals surface area contributed by atoms with Gasteiger partial charge in [0.2, 0.25) is 6.41 Å². The highest BCUT2D eigenvalue weighted by atomic mass is 16.7. The van der Waals surface area contributed by atoms with Gasteiger partial charge in [-0.15, -0.1) is 0 Å². The molecule has 0 heterocycles. The maximum absolute atomic E-state index is 10.4. The third kappa shape index (κ3) is 2.94. The zero-order chi connectivity index (χ0) is 11.3. The second kappa shape index (κ2) is 4.94. The van der Waals surface area contributed by atoms with Gasteiger partial charge < -0.3 is 4.84 Å². The van der Waals surface area contributed by atoms with Crippen molar-refractivity contribution in [3.05, 3.63) is 34.4 Å². The first-order valence-electron chi connectivity index (χ1n) is 4.31. The molecule has 1 rings (SSSR count). The van der Waals surface area contributed by atoms with E-state index in [1.165, 1.54) is 24.3 Å². The normalized spacial score (nSPS) is 9.40. The van der Waals surface area contributed by atoms with Crippen molar-refractivity contribution >= 4 is 12.1 Å². The summed E-state index contributed by atoms with van der Waals surface area (Å²) in [5.74, 6) is 0.384. The molecule has 6 nitrogen and oxygen atoms in total. The molecule has 0 spiro atoms. The molecule has 0 aliphatic carbocycles. The van der Waals surface area contributed by atoms with Gasteiger partial charge in [0.25, 0.3) is 5.69 Å². The molecule has 1 aromatic rings. The number of carbonyl (C=O) groups is 1. The maximum atomic E-state index is 10.4. The van der Waals surface area contributed by atoms with Crippen molar-refractivity contribution in [1.29, 1.82) is 0 Å². The molecule has 1 amide bonds. The number of nitro benzene ring substituents is 1. The Bertz CT molecular complexity index is 350. The van der Waals surface area contributed by atoms with Gasteiger partial charge in [0.1, 0.15) is 0 Å². The monoisotopic (exact) mass is 210 g/mol. The summed E-state index contributed by atoms with van der Waals surface area (Å²) in [6.45, 7) is 2.15. The minimum absolute atomic E-state index is 0.0171. The molecule has 0 atom stereocenters. The molecule has 6 heteroatoms. The summed E-state index contributed by atoms with van der Waals surface area (Å²) < 4.78 is 0. The van der Waals surface area contributed by atoms with Crippen molar-refractivity contribution in [1.82, 2.24) is 5.06 Å². The molecule has 0 aliphatic rings. The highest BCUT2D eigenvalue weighted by molar-refractivity contribution is 5.46. The van der Waals surface area contributed by atoms with Crippen LogP contribution in [0.5, 0.6) is 5.75 Å². The number of nitrogens with zero attached hydrogens (tertiary/aromatic N) is 2. The summed E-state index contributed by atoms with van der Waals surface area (Å²) in [5.41, 5.74) is -0.0171. The molecule has 0 aromatic heterocycles. The third-order valence-corrected chi connectivity index (χ3v) is 1.70. The molecule has 0 saturated carbocycles. The van der Waals surface area contributed by atoms with Crippen LogP contribution in [0.1, 0.15) is 6.92 Å². The van der Waals surface area contributed by atoms with Crippen molar-refractivity contribution in [3.8, 4) is 5.75 Å². The van der Waals surface area contributed by atoms with Crippen molar-refractivity contribution in [3.63, 3.8) is 0 Å². The van der Waals surface area contributed by atoms with E-state index in [1.807, 2.05) is 0 Å². The zero-order valence-electron chi connectivity index (χ0n) is 8.12. The number of non-ortho nitro benzene ring substituents is 1. The van der Waals surface area contributed by atoms with Crippen molar-refractivity contribution in [2.75, 3.05) is 6.54 Å². The highest BCUT2D eigenvalue weighted by Crippen LogP contribution is 2.17. The number of hydroxylamine groups is 2. The van der Waals surface area contributed by atoms with Crippen LogP contribution in [-0.2, 0) is 4.79 Å². The molecule has 0 aliphatic heterocycles. The van der Waals surface area contributed by atoms with Crippen molar-refractivity contribution in [2.24, 2.45) is 0 Å². The first-order chi connectivity index (χ1) is 7.17. The standard InChI is InChI=1S/C9H10N2O4/c1-2-10(7-12)15-9-5-3-8(4-6-9)11(13)14/h3-7H,2H2,1H3. The smallest absolute Gasteiger partial charge is 0.269 e. The van der Waals surface area contributed by atoms with Crippen LogP contribution in [0.3, 0.4) is 0 Å². The lowest BCUT2D eigenvalue weighted by molar-refractivity contribution is -0.384. The van der Waals surface area contributed by atoms with E-state index in [1.54, 1.807) is 6.92 Å². The van der Waals surface area contributed by atoms with E-state index in [9.17, 15) is 14.9 Å². The van der Waals surface area contributed by atoms with E-state index in [0.29, 0.717) is 18.7 Å². The average Bonchev–Trinajstić information content (AvgIpc) is 2.26. The SMILES string of the molecule is CCN(C=O)Oc1ccc([N+](=O)[O-])cc1. The number of carbonyl (C=O) groups excluding carboxylic acids is 1. The number of hydrogen-bond donors (Lipinski definition) is 0. The maximum Gasteiger partial charge on any atom is 0.269 e. The van der Waals surface area contributed by atoms with Gasteiger partial charge in [0.15, 0.2) is 5.75 Å². The molecule has 0 saturated heterocycles. The summed E-state index contributed by atoms with van der Waals surface area (Å²) >= 11 is 0. The topological polar surface area (TPSA) is 72.7 Å². The molecule has 1 aromatic carbocycles. The molecule has 0 unspecified atom stereocenters. The minimum atomic E-state index is -0.499. The Morgan fingerprint density at radius 3 is 2.47 bits per heavy atom. The second-order valence-corrected chi connectivity index (χ2v) is 2.68. The van der Waals surface area contributed by atoms with E-state index in [0.717, 1.165) is 5.06 Å². The Morgan fingerprint density at radius 2 is 2.07 bits per heavy atom. The molecule has 15 heavy (non-hydrogen) atoms. The van der Waals surface area contributed by atoms with Crippen LogP contribution >= 0.6 is 0 Å². The summed E-state index contributed by atoms with van der Waals surface area (Å²) in [4.78, 5) is 25.3. The number of benzene rings is 1. The van der Waals surface area contributed by atoms with Gasteiger partial charge in [-0.3, -0.25) is 14.9 Å². The van der Waals surface area contributed by atoms with Gasteiger partial charge in [0, 0.05) is 12.1 Å². The summed E-state index contributed by atoms with van der Waals surface area (Å²) in [6.07, 6.45) is 0.543. The van der Waals surface area contributed by atoms with Crippen molar-refractivity contribution in [2.45, 2.75) is 6.92 Å². The zero-order valence-corrected chi connectivity index (χ0v) is 8.12. The van der Waals surface area contributed by atoms with E-state index >= 15 is 0 Å². The fourth-order valence-electron chi connectivity index (χ4n) is 0.925. The molecule has 0 N–H and O–H groups in total. The fourth-order valence-corrected chi connectivity index (χ4v) is 0.925. The fraction of sp³-hybridized carbons (Fsp3) is 0.222. The average molecular weight is 210 g/mol. The third-order valence-electron chi connectivity index (χ3n) is 1.70. The van der Waals surface area contributed by atoms with Crippen molar-refractivity contribution < 1.29 is 14.6 Å². The van der Waals surface area contributed by atoms with Gasteiger partial charge in [0.05, 0.1) is 11.5 Å². The Morgan fingerprint density at radius 1 is 1.47 bits per heavy atom.